The molecule has 2 aromatic rings. The number of rotatable bonds is 4. The van der Waals surface area contributed by atoms with Crippen LogP contribution in [0.1, 0.15) is 6.92 Å². The van der Waals surface area contributed by atoms with E-state index in [1.54, 1.807) is 6.07 Å². The van der Waals surface area contributed by atoms with E-state index >= 15 is 0 Å². The maximum atomic E-state index is 14.5. The highest BCUT2D eigenvalue weighted by Gasteiger charge is 2.34. The van der Waals surface area contributed by atoms with Crippen LogP contribution >= 0.6 is 0 Å². The van der Waals surface area contributed by atoms with E-state index < -0.39 is 0 Å². The zero-order valence-electron chi connectivity index (χ0n) is 13.4. The number of imide groups is 1. The number of nitrogens with zero attached hydrogens (tertiary/aromatic N) is 1. The van der Waals surface area contributed by atoms with Crippen LogP contribution in [0, 0.1) is 17.7 Å². The van der Waals surface area contributed by atoms with Crippen LogP contribution in [0.3, 0.4) is 0 Å². The summed E-state index contributed by atoms with van der Waals surface area (Å²) in [6.07, 6.45) is 0.409. The van der Waals surface area contributed by atoms with E-state index in [1.807, 2.05) is 48.2 Å². The van der Waals surface area contributed by atoms with Crippen molar-refractivity contribution >= 4 is 18.0 Å². The third-order valence-electron chi connectivity index (χ3n) is 4.55. The van der Waals surface area contributed by atoms with Crippen LogP contribution in [-0.2, 0) is 9.59 Å². The smallest absolute Gasteiger partial charge is 0.231 e. The van der Waals surface area contributed by atoms with Gasteiger partial charge in [-0.2, -0.15) is 0 Å². The molecule has 1 saturated heterocycles. The Labute approximate surface area is 140 Å². The van der Waals surface area contributed by atoms with E-state index in [4.69, 9.17) is 0 Å². The highest BCUT2D eigenvalue weighted by Crippen LogP contribution is 2.31. The number of anilines is 1. The Morgan fingerprint density at radius 2 is 1.96 bits per heavy atom. The zero-order chi connectivity index (χ0) is 17.1. The number of benzene rings is 2. The van der Waals surface area contributed by atoms with Gasteiger partial charge in [-0.25, -0.2) is 4.39 Å². The second kappa shape index (κ2) is 6.83. The molecule has 0 aliphatic carbocycles. The number of carbonyl (C=O) groups excluding carboxylic acids is 2. The minimum atomic E-state index is -0.285. The predicted octanol–water partition coefficient (Wildman–Crippen LogP) is 2.84. The van der Waals surface area contributed by atoms with Crippen molar-refractivity contribution in [1.82, 2.24) is 5.32 Å². The summed E-state index contributed by atoms with van der Waals surface area (Å²) < 4.78 is 14.5. The van der Waals surface area contributed by atoms with Crippen LogP contribution in [0.2, 0.25) is 0 Å². The van der Waals surface area contributed by atoms with Gasteiger partial charge < -0.3 is 4.90 Å². The summed E-state index contributed by atoms with van der Waals surface area (Å²) in [6.45, 7) is 3.09. The van der Waals surface area contributed by atoms with E-state index in [0.29, 0.717) is 25.1 Å². The minimum Gasteiger partial charge on any atom is -0.370 e. The van der Waals surface area contributed by atoms with Crippen molar-refractivity contribution in [2.75, 3.05) is 18.0 Å². The van der Waals surface area contributed by atoms with Gasteiger partial charge in [0.2, 0.25) is 12.3 Å². The molecule has 1 fully saturated rings. The first-order valence-corrected chi connectivity index (χ1v) is 7.94. The van der Waals surface area contributed by atoms with Gasteiger partial charge in [-0.05, 0) is 29.7 Å². The number of amides is 2. The molecular weight excluding hydrogens is 307 g/mol. The minimum absolute atomic E-state index is 0.0989. The molecule has 0 radical (unpaired) electrons. The Bertz CT molecular complexity index is 748. The van der Waals surface area contributed by atoms with E-state index in [2.05, 4.69) is 5.32 Å². The monoisotopic (exact) mass is 326 g/mol. The summed E-state index contributed by atoms with van der Waals surface area (Å²) in [5.74, 6) is -0.734. The van der Waals surface area contributed by atoms with E-state index in [-0.39, 0.29) is 23.6 Å². The summed E-state index contributed by atoms with van der Waals surface area (Å²) in [6, 6.07) is 14.5. The SMILES string of the molecule is CC1CN(c2ccc(-c3ccccc3)c(F)c2)CC1C(=O)NC=O. The van der Waals surface area contributed by atoms with Gasteiger partial charge in [0.25, 0.3) is 0 Å². The third-order valence-corrected chi connectivity index (χ3v) is 4.55. The summed E-state index contributed by atoms with van der Waals surface area (Å²) >= 11 is 0. The standard InChI is InChI=1S/C19H19FN2O2/c1-13-10-22(11-17(13)19(24)21-12-23)15-7-8-16(18(20)9-15)14-5-3-2-4-6-14/h2-9,12-13,17H,10-11H2,1H3,(H,21,23,24). The molecule has 1 N–H and O–H groups in total. The Morgan fingerprint density at radius 1 is 1.21 bits per heavy atom. The summed E-state index contributed by atoms with van der Waals surface area (Å²) in [4.78, 5) is 24.3. The van der Waals surface area contributed by atoms with Gasteiger partial charge in [0, 0.05) is 24.3 Å². The number of halogens is 1. The van der Waals surface area contributed by atoms with Gasteiger partial charge in [-0.15, -0.1) is 0 Å². The maximum Gasteiger partial charge on any atom is 0.231 e. The number of hydrogen-bond acceptors (Lipinski definition) is 3. The molecule has 124 valence electrons. The van der Waals surface area contributed by atoms with Crippen LogP contribution in [0.25, 0.3) is 11.1 Å². The number of nitrogens with one attached hydrogen (secondary N) is 1. The van der Waals surface area contributed by atoms with Crippen molar-refractivity contribution < 1.29 is 14.0 Å². The van der Waals surface area contributed by atoms with Gasteiger partial charge in [0.1, 0.15) is 5.82 Å². The van der Waals surface area contributed by atoms with Gasteiger partial charge in [-0.3, -0.25) is 14.9 Å². The normalized spacial score (nSPS) is 20.0. The Morgan fingerprint density at radius 3 is 2.62 bits per heavy atom. The summed E-state index contributed by atoms with van der Waals surface area (Å²) in [7, 11) is 0. The number of carbonyl (C=O) groups is 2. The second-order valence-electron chi connectivity index (χ2n) is 6.15. The van der Waals surface area contributed by atoms with Gasteiger partial charge in [0.05, 0.1) is 5.92 Å². The molecule has 24 heavy (non-hydrogen) atoms. The molecule has 1 aliphatic rings. The van der Waals surface area contributed by atoms with Gasteiger partial charge in [-0.1, -0.05) is 37.3 Å². The largest absolute Gasteiger partial charge is 0.370 e. The Balaban J connectivity index is 1.80. The van der Waals surface area contributed by atoms with Crippen molar-refractivity contribution in [3.8, 4) is 11.1 Å². The lowest BCUT2D eigenvalue weighted by atomic mass is 9.97. The average Bonchev–Trinajstić information content (AvgIpc) is 2.98. The van der Waals surface area contributed by atoms with Crippen LogP contribution in [0.5, 0.6) is 0 Å². The first-order chi connectivity index (χ1) is 11.6. The molecular formula is C19H19FN2O2. The highest BCUT2D eigenvalue weighted by molar-refractivity contribution is 5.88. The molecule has 2 aromatic carbocycles. The molecule has 0 spiro atoms. The first-order valence-electron chi connectivity index (χ1n) is 7.94. The summed E-state index contributed by atoms with van der Waals surface area (Å²) in [5, 5.41) is 2.21. The Hall–Kier alpha value is -2.69. The van der Waals surface area contributed by atoms with Crippen molar-refractivity contribution in [2.24, 2.45) is 11.8 Å². The third kappa shape index (κ3) is 3.15. The van der Waals surface area contributed by atoms with E-state index in [1.165, 1.54) is 6.07 Å². The van der Waals surface area contributed by atoms with Crippen LogP contribution < -0.4 is 10.2 Å². The quantitative estimate of drug-likeness (QED) is 0.879. The summed E-state index contributed by atoms with van der Waals surface area (Å²) in [5.41, 5.74) is 2.14. The van der Waals surface area contributed by atoms with Crippen LogP contribution in [-0.4, -0.2) is 25.4 Å². The fourth-order valence-corrected chi connectivity index (χ4v) is 3.24. The molecule has 4 nitrogen and oxygen atoms in total. The molecule has 3 rings (SSSR count). The lowest BCUT2D eigenvalue weighted by Crippen LogP contribution is -2.33. The number of hydrogen-bond donors (Lipinski definition) is 1. The van der Waals surface area contributed by atoms with Crippen molar-refractivity contribution in [3.05, 3.63) is 54.3 Å². The predicted molar refractivity (Wildman–Crippen MR) is 90.9 cm³/mol. The zero-order valence-corrected chi connectivity index (χ0v) is 13.4. The molecule has 2 amide bonds. The van der Waals surface area contributed by atoms with E-state index in [9.17, 15) is 14.0 Å². The fourth-order valence-electron chi connectivity index (χ4n) is 3.24. The topological polar surface area (TPSA) is 49.4 Å². The Kier molecular flexibility index (Phi) is 4.60. The van der Waals surface area contributed by atoms with E-state index in [0.717, 1.165) is 11.3 Å². The average molecular weight is 326 g/mol. The molecule has 0 saturated carbocycles. The molecule has 5 heteroatoms. The molecule has 2 unspecified atom stereocenters. The van der Waals surface area contributed by atoms with Crippen molar-refractivity contribution in [1.29, 1.82) is 0 Å². The molecule has 1 heterocycles. The van der Waals surface area contributed by atoms with Crippen LogP contribution in [0.4, 0.5) is 10.1 Å². The maximum absolute atomic E-state index is 14.5. The highest BCUT2D eigenvalue weighted by atomic mass is 19.1. The molecule has 2 atom stereocenters. The lowest BCUT2D eigenvalue weighted by molar-refractivity contribution is -0.128. The molecule has 0 bridgehead atoms. The van der Waals surface area contributed by atoms with Gasteiger partial charge in [0.15, 0.2) is 0 Å². The van der Waals surface area contributed by atoms with Crippen molar-refractivity contribution in [2.45, 2.75) is 6.92 Å². The first kappa shape index (κ1) is 16.2. The fraction of sp³-hybridized carbons (Fsp3) is 0.263. The molecule has 0 aromatic heterocycles. The lowest BCUT2D eigenvalue weighted by Gasteiger charge is -2.19. The molecule has 1 aliphatic heterocycles. The van der Waals surface area contributed by atoms with Crippen molar-refractivity contribution in [3.63, 3.8) is 0 Å². The van der Waals surface area contributed by atoms with Gasteiger partial charge >= 0.3 is 0 Å². The van der Waals surface area contributed by atoms with Crippen LogP contribution in [0.15, 0.2) is 48.5 Å². The second-order valence-corrected chi connectivity index (χ2v) is 6.15.